The van der Waals surface area contributed by atoms with E-state index >= 15 is 0 Å². The number of nitrogens with two attached hydrogens (primary N) is 2. The van der Waals surface area contributed by atoms with Crippen LogP contribution in [0.15, 0.2) is 12.4 Å². The molecule has 2 rings (SSSR count). The lowest BCUT2D eigenvalue weighted by atomic mass is 9.91. The third-order valence-electron chi connectivity index (χ3n) is 6.68. The van der Waals surface area contributed by atoms with Gasteiger partial charge in [0, 0.05) is 19.5 Å². The molecule has 0 bridgehead atoms. The number of anilines is 1. The smallest absolute Gasteiger partial charge is 0.320 e. The van der Waals surface area contributed by atoms with Crippen molar-refractivity contribution < 1.29 is 44.8 Å². The topological polar surface area (TPSA) is 215 Å². The first-order chi connectivity index (χ1) is 17.1. The van der Waals surface area contributed by atoms with E-state index in [4.69, 9.17) is 21.7 Å². The molecular weight excluding hydrogens is 472 g/mol. The van der Waals surface area contributed by atoms with Gasteiger partial charge in [-0.1, -0.05) is 0 Å². The number of hydrogen-bond donors (Lipinski definition) is 8. The number of unbranched alkanes of at least 4 members (excludes halogenated alkanes) is 2. The number of carboxylic acids is 2. The molecule has 12 nitrogen and oxygen atoms in total. The molecule has 12 heteroatoms. The van der Waals surface area contributed by atoms with Crippen molar-refractivity contribution >= 4 is 17.6 Å². The van der Waals surface area contributed by atoms with Crippen molar-refractivity contribution in [2.45, 2.75) is 88.3 Å². The summed E-state index contributed by atoms with van der Waals surface area (Å²) in [5, 5.41) is 58.3. The molecule has 0 spiro atoms. The van der Waals surface area contributed by atoms with Gasteiger partial charge >= 0.3 is 11.9 Å². The summed E-state index contributed by atoms with van der Waals surface area (Å²) in [5.74, 6) is -2.07. The van der Waals surface area contributed by atoms with Gasteiger partial charge in [0.25, 0.3) is 0 Å². The van der Waals surface area contributed by atoms with Crippen LogP contribution in [0.1, 0.15) is 62.2 Å². The first-order valence-corrected chi connectivity index (χ1v) is 12.5. The number of nitrogens with zero attached hydrogens (tertiary/aromatic N) is 2. The molecule has 1 aromatic rings. The van der Waals surface area contributed by atoms with Gasteiger partial charge in [0.15, 0.2) is 12.4 Å². The van der Waals surface area contributed by atoms with E-state index in [-0.39, 0.29) is 0 Å². The van der Waals surface area contributed by atoms with Crippen molar-refractivity contribution in [3.8, 4) is 0 Å². The van der Waals surface area contributed by atoms with Crippen molar-refractivity contribution in [1.82, 2.24) is 0 Å². The molecule has 1 aliphatic rings. The zero-order chi connectivity index (χ0) is 26.8. The molecule has 2 heterocycles. The third kappa shape index (κ3) is 8.36. The highest BCUT2D eigenvalue weighted by Gasteiger charge is 2.33. The highest BCUT2D eigenvalue weighted by molar-refractivity contribution is 5.73. The van der Waals surface area contributed by atoms with Crippen LogP contribution in [0.5, 0.6) is 0 Å². The van der Waals surface area contributed by atoms with Crippen LogP contribution in [-0.4, -0.2) is 86.6 Å². The fourth-order valence-electron chi connectivity index (χ4n) is 4.48. The fourth-order valence-corrected chi connectivity index (χ4v) is 4.48. The summed E-state index contributed by atoms with van der Waals surface area (Å²) < 4.78 is 1.88. The van der Waals surface area contributed by atoms with Gasteiger partial charge in [0.2, 0.25) is 0 Å². The largest absolute Gasteiger partial charge is 0.480 e. The minimum Gasteiger partial charge on any atom is -0.480 e. The number of fused-ring (bicyclic) bond motifs is 1. The molecule has 0 fully saturated rings. The number of aliphatic hydroxyl groups is 4. The number of hydrogen-bond acceptors (Lipinski definition) is 9. The number of carbonyl (C=O) groups is 2. The summed E-state index contributed by atoms with van der Waals surface area (Å²) in [4.78, 5) is 24.0. The molecule has 204 valence electrons. The number of aliphatic hydroxyl groups excluding tert-OH is 4. The number of aryl methyl sites for hydroxylation is 1. The molecule has 0 radical (unpaired) electrons. The van der Waals surface area contributed by atoms with Crippen molar-refractivity contribution in [2.24, 2.45) is 11.5 Å². The molecule has 0 aliphatic carbocycles. The summed E-state index contributed by atoms with van der Waals surface area (Å²) >= 11 is 0. The molecule has 0 aromatic carbocycles. The molecule has 1 aromatic heterocycles. The van der Waals surface area contributed by atoms with Crippen LogP contribution in [0.25, 0.3) is 0 Å². The van der Waals surface area contributed by atoms with Gasteiger partial charge in [-0.3, -0.25) is 9.59 Å². The van der Waals surface area contributed by atoms with E-state index in [1.807, 2.05) is 10.8 Å². The van der Waals surface area contributed by atoms with E-state index < -0.39 is 48.9 Å². The summed E-state index contributed by atoms with van der Waals surface area (Å²) in [6, 6.07) is -1.81. The predicted molar refractivity (Wildman–Crippen MR) is 130 cm³/mol. The van der Waals surface area contributed by atoms with Crippen LogP contribution >= 0.6 is 0 Å². The van der Waals surface area contributed by atoms with E-state index in [0.29, 0.717) is 57.2 Å². The number of rotatable bonds is 16. The van der Waals surface area contributed by atoms with Crippen LogP contribution in [0.2, 0.25) is 0 Å². The highest BCUT2D eigenvalue weighted by atomic mass is 16.4. The summed E-state index contributed by atoms with van der Waals surface area (Å²) in [5.41, 5.74) is 13.4. The maximum Gasteiger partial charge on any atom is 0.320 e. The van der Waals surface area contributed by atoms with E-state index in [1.54, 1.807) is 6.20 Å². The lowest BCUT2D eigenvalue weighted by Crippen LogP contribution is -2.42. The number of aliphatic carboxylic acids is 2. The Labute approximate surface area is 210 Å². The van der Waals surface area contributed by atoms with Gasteiger partial charge in [-0.15, -0.1) is 0 Å². The van der Waals surface area contributed by atoms with E-state index in [0.717, 1.165) is 30.6 Å². The SMILES string of the molecule is N[C@@H](CCCCN1CCCc2c(C(O)[C@H](O)[C@H](O)CO)c[n+](CCCC[C@H](N)C(=O)O)cc21)C(=O)O. The van der Waals surface area contributed by atoms with Gasteiger partial charge in [0.1, 0.15) is 42.6 Å². The fraction of sp³-hybridized carbons (Fsp3) is 0.708. The molecule has 10 N–H and O–H groups in total. The summed E-state index contributed by atoms with van der Waals surface area (Å²) in [6.07, 6.45) is 4.00. The standard InChI is InChI=1S/C24H40N4O8/c25-17(23(33)34)7-1-3-9-27-12-16(21(31)22(32)20(30)14-29)15-6-5-11-28(19(15)13-27)10-4-2-8-18(26)24(35)36/h12-13,17-18,20-22,29-32H,1-11,14,25-26H2,(H-,33,34,35,36)/p+1/t17-,18-,20+,21?,22+/m0/s1. The quantitative estimate of drug-likeness (QED) is 0.0954. The van der Waals surface area contributed by atoms with Crippen LogP contribution in [0.3, 0.4) is 0 Å². The Morgan fingerprint density at radius 2 is 1.58 bits per heavy atom. The second-order valence-corrected chi connectivity index (χ2v) is 9.47. The van der Waals surface area contributed by atoms with Crippen LogP contribution in [0, 0.1) is 0 Å². The van der Waals surface area contributed by atoms with Crippen molar-refractivity contribution in [1.29, 1.82) is 0 Å². The van der Waals surface area contributed by atoms with Gasteiger partial charge in [-0.25, -0.2) is 4.57 Å². The Morgan fingerprint density at radius 3 is 2.17 bits per heavy atom. The summed E-state index contributed by atoms with van der Waals surface area (Å²) in [6.45, 7) is 1.27. The van der Waals surface area contributed by atoms with Gasteiger partial charge in [0.05, 0.1) is 12.2 Å². The van der Waals surface area contributed by atoms with E-state index in [9.17, 15) is 30.0 Å². The second-order valence-electron chi connectivity index (χ2n) is 9.47. The minimum absolute atomic E-state index is 0.336. The molecule has 1 aliphatic heterocycles. The first kappa shape index (κ1) is 29.9. The molecule has 5 atom stereocenters. The lowest BCUT2D eigenvalue weighted by Gasteiger charge is -2.33. The highest BCUT2D eigenvalue weighted by Crippen LogP contribution is 2.33. The van der Waals surface area contributed by atoms with Gasteiger partial charge < -0.3 is 47.0 Å². The van der Waals surface area contributed by atoms with E-state index in [2.05, 4.69) is 4.90 Å². The Balaban J connectivity index is 2.22. The molecule has 1 unspecified atom stereocenters. The molecule has 0 saturated heterocycles. The van der Waals surface area contributed by atoms with Crippen LogP contribution in [-0.2, 0) is 22.6 Å². The molecule has 0 saturated carbocycles. The Hall–Kier alpha value is -2.35. The van der Waals surface area contributed by atoms with Crippen LogP contribution in [0.4, 0.5) is 5.69 Å². The average Bonchev–Trinajstić information content (AvgIpc) is 2.86. The van der Waals surface area contributed by atoms with Crippen molar-refractivity contribution in [3.05, 3.63) is 23.5 Å². The number of carboxylic acid groups (broad SMARTS) is 2. The third-order valence-corrected chi connectivity index (χ3v) is 6.68. The Morgan fingerprint density at radius 1 is 0.972 bits per heavy atom. The van der Waals surface area contributed by atoms with Crippen molar-refractivity contribution in [3.63, 3.8) is 0 Å². The van der Waals surface area contributed by atoms with E-state index in [1.165, 1.54) is 0 Å². The van der Waals surface area contributed by atoms with Crippen molar-refractivity contribution in [2.75, 3.05) is 24.6 Å². The van der Waals surface area contributed by atoms with Gasteiger partial charge in [-0.05, 0) is 50.5 Å². The molecular formula is C24H41N4O8+. The monoisotopic (exact) mass is 513 g/mol. The Kier molecular flexibility index (Phi) is 12.0. The normalized spacial score (nSPS) is 17.7. The lowest BCUT2D eigenvalue weighted by molar-refractivity contribution is -0.697. The average molecular weight is 514 g/mol. The predicted octanol–water partition coefficient (Wildman–Crippen LogP) is -1.36. The van der Waals surface area contributed by atoms with Gasteiger partial charge in [-0.2, -0.15) is 0 Å². The first-order valence-electron chi connectivity index (χ1n) is 12.5. The summed E-state index contributed by atoms with van der Waals surface area (Å²) in [7, 11) is 0. The zero-order valence-corrected chi connectivity index (χ0v) is 20.6. The minimum atomic E-state index is -1.57. The number of pyridine rings is 1. The zero-order valence-electron chi connectivity index (χ0n) is 20.6. The molecule has 36 heavy (non-hydrogen) atoms. The second kappa shape index (κ2) is 14.4. The Bertz CT molecular complexity index is 871. The van der Waals surface area contributed by atoms with Crippen LogP contribution < -0.4 is 20.9 Å². The number of aromatic nitrogens is 1. The maximum atomic E-state index is 10.9. The maximum absolute atomic E-state index is 10.9. The molecule has 0 amide bonds.